The molecule has 0 aliphatic carbocycles. The Morgan fingerprint density at radius 2 is 1.90 bits per heavy atom. The first kappa shape index (κ1) is 17.3. The number of halogens is 1. The number of hydrogen-bond acceptors (Lipinski definition) is 2. The van der Waals surface area contributed by atoms with Crippen LogP contribution in [0.25, 0.3) is 0 Å². The second kappa shape index (κ2) is 8.53. The van der Waals surface area contributed by atoms with Gasteiger partial charge in [0.2, 0.25) is 0 Å². The van der Waals surface area contributed by atoms with Crippen molar-refractivity contribution in [1.29, 1.82) is 0 Å². The molecule has 1 atom stereocenters. The number of rotatable bonds is 8. The Bertz CT molecular complexity index is 402. The molecule has 1 aromatic carbocycles. The molecule has 0 aliphatic heterocycles. The Morgan fingerprint density at radius 1 is 1.20 bits per heavy atom. The van der Waals surface area contributed by atoms with Gasteiger partial charge in [-0.1, -0.05) is 43.5 Å². The molecule has 0 radical (unpaired) electrons. The van der Waals surface area contributed by atoms with Crippen molar-refractivity contribution in [2.24, 2.45) is 5.73 Å². The second-order valence-corrected chi connectivity index (χ2v) is 6.33. The smallest absolute Gasteiger partial charge is 0.0642 e. The first-order chi connectivity index (χ1) is 9.47. The molecule has 1 rings (SSSR count). The highest BCUT2D eigenvalue weighted by molar-refractivity contribution is 6.33. The average Bonchev–Trinajstić information content (AvgIpc) is 2.35. The van der Waals surface area contributed by atoms with Crippen LogP contribution >= 0.6 is 11.6 Å². The summed E-state index contributed by atoms with van der Waals surface area (Å²) in [7, 11) is 0. The summed E-state index contributed by atoms with van der Waals surface area (Å²) in [6.45, 7) is 9.79. The van der Waals surface area contributed by atoms with E-state index in [2.05, 4.69) is 31.7 Å². The van der Waals surface area contributed by atoms with Crippen LogP contribution in [0.2, 0.25) is 5.02 Å². The topological polar surface area (TPSA) is 29.3 Å². The van der Waals surface area contributed by atoms with Crippen molar-refractivity contribution in [3.8, 4) is 0 Å². The fourth-order valence-corrected chi connectivity index (χ4v) is 2.86. The van der Waals surface area contributed by atoms with Crippen molar-refractivity contribution in [2.75, 3.05) is 11.4 Å². The van der Waals surface area contributed by atoms with Crippen LogP contribution in [0.4, 0.5) is 5.69 Å². The van der Waals surface area contributed by atoms with Gasteiger partial charge in [-0.15, -0.1) is 0 Å². The molecule has 0 spiro atoms. The lowest BCUT2D eigenvalue weighted by atomic mass is 10.0. The number of para-hydroxylation sites is 1. The van der Waals surface area contributed by atoms with Crippen LogP contribution in [0.15, 0.2) is 18.2 Å². The first-order valence-corrected chi connectivity index (χ1v) is 8.14. The highest BCUT2D eigenvalue weighted by Crippen LogP contribution is 2.32. The molecule has 2 N–H and O–H groups in total. The molecule has 0 aromatic heterocycles. The fraction of sp³-hybridized carbons (Fsp3) is 0.647. The molecule has 0 saturated heterocycles. The van der Waals surface area contributed by atoms with Gasteiger partial charge in [0, 0.05) is 18.6 Å². The molecule has 0 fully saturated rings. The van der Waals surface area contributed by atoms with E-state index in [1.54, 1.807) is 0 Å². The Kier molecular flexibility index (Phi) is 7.39. The maximum absolute atomic E-state index is 6.48. The molecule has 0 amide bonds. The van der Waals surface area contributed by atoms with Crippen molar-refractivity contribution >= 4 is 17.3 Å². The van der Waals surface area contributed by atoms with E-state index in [1.807, 2.05) is 19.1 Å². The van der Waals surface area contributed by atoms with E-state index in [-0.39, 0.29) is 6.04 Å². The van der Waals surface area contributed by atoms with Gasteiger partial charge < -0.3 is 10.6 Å². The zero-order valence-corrected chi connectivity index (χ0v) is 14.1. The van der Waals surface area contributed by atoms with Crippen LogP contribution in [0, 0.1) is 0 Å². The number of anilines is 1. The summed E-state index contributed by atoms with van der Waals surface area (Å²) in [5, 5.41) is 0.841. The normalized spacial score (nSPS) is 12.8. The second-order valence-electron chi connectivity index (χ2n) is 5.92. The number of benzene rings is 1. The molecular formula is C17H29ClN2. The highest BCUT2D eigenvalue weighted by Gasteiger charge is 2.18. The molecule has 114 valence electrons. The molecular weight excluding hydrogens is 268 g/mol. The molecule has 3 heteroatoms. The van der Waals surface area contributed by atoms with Crippen molar-refractivity contribution in [3.05, 3.63) is 28.8 Å². The van der Waals surface area contributed by atoms with Crippen LogP contribution in [-0.2, 0) is 6.42 Å². The minimum Gasteiger partial charge on any atom is -0.368 e. The largest absolute Gasteiger partial charge is 0.368 e. The molecule has 0 heterocycles. The number of unbranched alkanes of at least 4 members (excludes halogenated alkanes) is 2. The SMILES string of the molecule is CCCCCN(c1c(Cl)cccc1CC(C)N)C(C)C. The third-order valence-corrected chi connectivity index (χ3v) is 3.83. The quantitative estimate of drug-likeness (QED) is 0.708. The lowest BCUT2D eigenvalue weighted by Gasteiger charge is -2.32. The third-order valence-electron chi connectivity index (χ3n) is 3.53. The standard InChI is InChI=1S/C17H29ClN2/c1-5-6-7-11-20(13(2)3)17-15(12-14(4)19)9-8-10-16(17)18/h8-10,13-14H,5-7,11-12,19H2,1-4H3. The summed E-state index contributed by atoms with van der Waals surface area (Å²) in [6.07, 6.45) is 4.57. The lowest BCUT2D eigenvalue weighted by Crippen LogP contribution is -2.33. The summed E-state index contributed by atoms with van der Waals surface area (Å²) in [4.78, 5) is 2.43. The Morgan fingerprint density at radius 3 is 2.45 bits per heavy atom. The Balaban J connectivity index is 3.04. The summed E-state index contributed by atoms with van der Waals surface area (Å²) >= 11 is 6.48. The van der Waals surface area contributed by atoms with E-state index >= 15 is 0 Å². The van der Waals surface area contributed by atoms with Crippen LogP contribution in [0.3, 0.4) is 0 Å². The lowest BCUT2D eigenvalue weighted by molar-refractivity contribution is 0.621. The molecule has 1 aromatic rings. The van der Waals surface area contributed by atoms with Crippen molar-refractivity contribution in [3.63, 3.8) is 0 Å². The van der Waals surface area contributed by atoms with Gasteiger partial charge in [-0.3, -0.25) is 0 Å². The summed E-state index contributed by atoms with van der Waals surface area (Å²) in [6, 6.07) is 6.75. The van der Waals surface area contributed by atoms with Crippen LogP contribution in [-0.4, -0.2) is 18.6 Å². The van der Waals surface area contributed by atoms with Gasteiger partial charge in [-0.2, -0.15) is 0 Å². The van der Waals surface area contributed by atoms with Gasteiger partial charge in [0.15, 0.2) is 0 Å². The molecule has 0 aliphatic rings. The summed E-state index contributed by atoms with van der Waals surface area (Å²) < 4.78 is 0. The average molecular weight is 297 g/mol. The molecule has 1 unspecified atom stereocenters. The zero-order valence-electron chi connectivity index (χ0n) is 13.3. The van der Waals surface area contributed by atoms with Gasteiger partial charge in [-0.25, -0.2) is 0 Å². The van der Waals surface area contributed by atoms with E-state index in [0.717, 1.165) is 18.0 Å². The predicted octanol–water partition coefficient (Wildman–Crippen LogP) is 4.63. The monoisotopic (exact) mass is 296 g/mol. The summed E-state index contributed by atoms with van der Waals surface area (Å²) in [5.41, 5.74) is 8.42. The van der Waals surface area contributed by atoms with Gasteiger partial charge in [0.1, 0.15) is 0 Å². The maximum atomic E-state index is 6.48. The molecule has 0 saturated carbocycles. The number of hydrogen-bond donors (Lipinski definition) is 1. The summed E-state index contributed by atoms with van der Waals surface area (Å²) in [5.74, 6) is 0. The van der Waals surface area contributed by atoms with E-state index < -0.39 is 0 Å². The van der Waals surface area contributed by atoms with Gasteiger partial charge in [-0.05, 0) is 45.2 Å². The van der Waals surface area contributed by atoms with Gasteiger partial charge in [0.05, 0.1) is 10.7 Å². The van der Waals surface area contributed by atoms with Crippen molar-refractivity contribution in [1.82, 2.24) is 0 Å². The third kappa shape index (κ3) is 4.99. The molecule has 0 bridgehead atoms. The van der Waals surface area contributed by atoms with Crippen LogP contribution in [0.1, 0.15) is 52.5 Å². The minimum atomic E-state index is 0.150. The zero-order chi connectivity index (χ0) is 15.1. The van der Waals surface area contributed by atoms with Crippen LogP contribution in [0.5, 0.6) is 0 Å². The van der Waals surface area contributed by atoms with E-state index in [4.69, 9.17) is 17.3 Å². The van der Waals surface area contributed by atoms with Crippen molar-refractivity contribution in [2.45, 2.75) is 65.5 Å². The van der Waals surface area contributed by atoms with E-state index in [0.29, 0.717) is 6.04 Å². The van der Waals surface area contributed by atoms with E-state index in [1.165, 1.54) is 30.5 Å². The maximum Gasteiger partial charge on any atom is 0.0642 e. The van der Waals surface area contributed by atoms with Crippen molar-refractivity contribution < 1.29 is 0 Å². The minimum absolute atomic E-state index is 0.150. The number of nitrogens with two attached hydrogens (primary N) is 1. The predicted molar refractivity (Wildman–Crippen MR) is 90.8 cm³/mol. The molecule has 2 nitrogen and oxygen atoms in total. The van der Waals surface area contributed by atoms with Gasteiger partial charge in [0.25, 0.3) is 0 Å². The van der Waals surface area contributed by atoms with E-state index in [9.17, 15) is 0 Å². The van der Waals surface area contributed by atoms with Crippen LogP contribution < -0.4 is 10.6 Å². The molecule has 20 heavy (non-hydrogen) atoms. The Labute approximate surface area is 129 Å². The highest BCUT2D eigenvalue weighted by atomic mass is 35.5. The number of nitrogens with zero attached hydrogens (tertiary/aromatic N) is 1. The Hall–Kier alpha value is -0.730. The first-order valence-electron chi connectivity index (χ1n) is 7.77. The fourth-order valence-electron chi connectivity index (χ4n) is 2.55. The van der Waals surface area contributed by atoms with Gasteiger partial charge >= 0.3 is 0 Å².